The number of nitro benzene ring substituents is 1. The van der Waals surface area contributed by atoms with Gasteiger partial charge in [-0.3, -0.25) is 10.1 Å². The lowest BCUT2D eigenvalue weighted by Gasteiger charge is -2.25. The second-order valence-corrected chi connectivity index (χ2v) is 5.79. The lowest BCUT2D eigenvalue weighted by molar-refractivity contribution is -0.384. The molecule has 1 fully saturated rings. The van der Waals surface area contributed by atoms with Crippen molar-refractivity contribution in [2.45, 2.75) is 31.5 Å². The lowest BCUT2D eigenvalue weighted by atomic mass is 10.0. The van der Waals surface area contributed by atoms with Crippen LogP contribution in [0, 0.1) is 16.0 Å². The van der Waals surface area contributed by atoms with Crippen molar-refractivity contribution in [1.82, 2.24) is 0 Å². The summed E-state index contributed by atoms with van der Waals surface area (Å²) >= 11 is 3.44. The molecule has 0 amide bonds. The zero-order valence-corrected chi connectivity index (χ0v) is 12.7. The summed E-state index contributed by atoms with van der Waals surface area (Å²) in [6.07, 6.45) is 3.66. The topological polar surface area (TPSA) is 46.4 Å². The Hall–Kier alpha value is -1.10. The maximum atomic E-state index is 10.8. The van der Waals surface area contributed by atoms with E-state index in [1.54, 1.807) is 12.1 Å². The molecule has 0 bridgehead atoms. The SMILES string of the molecule is CC1CCCN(c2ccc([N+](=O)[O-])cc2CBr)CC1. The van der Waals surface area contributed by atoms with Crippen LogP contribution in [0.2, 0.25) is 0 Å². The number of benzene rings is 1. The van der Waals surface area contributed by atoms with E-state index >= 15 is 0 Å². The van der Waals surface area contributed by atoms with Crippen LogP contribution in [0.3, 0.4) is 0 Å². The average molecular weight is 327 g/mol. The maximum absolute atomic E-state index is 10.8. The molecule has 0 radical (unpaired) electrons. The van der Waals surface area contributed by atoms with Crippen LogP contribution in [0.5, 0.6) is 0 Å². The van der Waals surface area contributed by atoms with Gasteiger partial charge in [0.15, 0.2) is 0 Å². The first-order valence-electron chi connectivity index (χ1n) is 6.70. The van der Waals surface area contributed by atoms with Crippen LogP contribution < -0.4 is 4.90 Å². The van der Waals surface area contributed by atoms with E-state index in [0.29, 0.717) is 5.33 Å². The summed E-state index contributed by atoms with van der Waals surface area (Å²) in [7, 11) is 0. The fourth-order valence-corrected chi connectivity index (χ4v) is 3.05. The molecule has 1 aromatic rings. The number of rotatable bonds is 3. The van der Waals surface area contributed by atoms with Crippen LogP contribution >= 0.6 is 15.9 Å². The van der Waals surface area contributed by atoms with Crippen molar-refractivity contribution >= 4 is 27.3 Å². The predicted octanol–water partition coefficient (Wildman–Crippen LogP) is 4.12. The molecule has 0 spiro atoms. The molecule has 1 aliphatic heterocycles. The molecule has 1 aliphatic rings. The van der Waals surface area contributed by atoms with Crippen molar-refractivity contribution in [1.29, 1.82) is 0 Å². The Balaban J connectivity index is 2.25. The van der Waals surface area contributed by atoms with Crippen molar-refractivity contribution in [2.24, 2.45) is 5.92 Å². The predicted molar refractivity (Wildman–Crippen MR) is 81.0 cm³/mol. The van der Waals surface area contributed by atoms with Crippen LogP contribution in [0.15, 0.2) is 18.2 Å². The highest BCUT2D eigenvalue weighted by Gasteiger charge is 2.18. The van der Waals surface area contributed by atoms with Crippen LogP contribution in [0.4, 0.5) is 11.4 Å². The lowest BCUT2D eigenvalue weighted by Crippen LogP contribution is -2.25. The molecule has 0 N–H and O–H groups in total. The highest BCUT2D eigenvalue weighted by atomic mass is 79.9. The van der Waals surface area contributed by atoms with Crippen molar-refractivity contribution in [2.75, 3.05) is 18.0 Å². The van der Waals surface area contributed by atoms with Gasteiger partial charge in [-0.25, -0.2) is 0 Å². The summed E-state index contributed by atoms with van der Waals surface area (Å²) in [4.78, 5) is 12.9. The number of hydrogen-bond acceptors (Lipinski definition) is 3. The van der Waals surface area contributed by atoms with Gasteiger partial charge in [0.05, 0.1) is 4.92 Å². The van der Waals surface area contributed by atoms with E-state index in [4.69, 9.17) is 0 Å². The number of nitrogens with zero attached hydrogens (tertiary/aromatic N) is 2. The molecule has 1 saturated heterocycles. The van der Waals surface area contributed by atoms with Gasteiger partial charge in [0.1, 0.15) is 0 Å². The molecular formula is C14H19BrN2O2. The first kappa shape index (κ1) is 14.3. The minimum atomic E-state index is -0.333. The first-order valence-corrected chi connectivity index (χ1v) is 7.82. The van der Waals surface area contributed by atoms with E-state index in [1.807, 2.05) is 6.07 Å². The van der Waals surface area contributed by atoms with E-state index in [9.17, 15) is 10.1 Å². The molecule has 0 saturated carbocycles. The maximum Gasteiger partial charge on any atom is 0.269 e. The minimum absolute atomic E-state index is 0.168. The van der Waals surface area contributed by atoms with E-state index in [0.717, 1.165) is 30.3 Å². The van der Waals surface area contributed by atoms with Crippen LogP contribution in [-0.2, 0) is 5.33 Å². The third-order valence-corrected chi connectivity index (χ3v) is 4.38. The number of nitro groups is 1. The molecule has 19 heavy (non-hydrogen) atoms. The second-order valence-electron chi connectivity index (χ2n) is 5.23. The number of non-ortho nitro benzene ring substituents is 1. The fraction of sp³-hybridized carbons (Fsp3) is 0.571. The van der Waals surface area contributed by atoms with Crippen LogP contribution in [-0.4, -0.2) is 18.0 Å². The number of anilines is 1. The van der Waals surface area contributed by atoms with Crippen molar-refractivity contribution < 1.29 is 4.92 Å². The third-order valence-electron chi connectivity index (χ3n) is 3.78. The van der Waals surface area contributed by atoms with Gasteiger partial charge in [0.25, 0.3) is 5.69 Å². The van der Waals surface area contributed by atoms with Crippen LogP contribution in [0.1, 0.15) is 31.7 Å². The van der Waals surface area contributed by atoms with Gasteiger partial charge in [-0.05, 0) is 36.8 Å². The van der Waals surface area contributed by atoms with E-state index in [2.05, 4.69) is 27.8 Å². The Morgan fingerprint density at radius 1 is 1.42 bits per heavy atom. The van der Waals surface area contributed by atoms with E-state index in [-0.39, 0.29) is 10.6 Å². The van der Waals surface area contributed by atoms with Gasteiger partial charge in [-0.15, -0.1) is 0 Å². The highest BCUT2D eigenvalue weighted by Crippen LogP contribution is 2.30. The molecule has 1 atom stereocenters. The van der Waals surface area contributed by atoms with Gasteiger partial charge in [0, 0.05) is 36.2 Å². The zero-order chi connectivity index (χ0) is 13.8. The van der Waals surface area contributed by atoms with E-state index in [1.165, 1.54) is 19.3 Å². The standard InChI is InChI=1S/C14H19BrN2O2/c1-11-3-2-7-16(8-6-11)14-5-4-13(17(18)19)9-12(14)10-15/h4-5,9,11H,2-3,6-8,10H2,1H3. The summed E-state index contributed by atoms with van der Waals surface area (Å²) in [6.45, 7) is 4.38. The Bertz CT molecular complexity index is 465. The molecule has 0 aromatic heterocycles. The Labute approximate surface area is 122 Å². The Morgan fingerprint density at radius 3 is 2.89 bits per heavy atom. The molecule has 5 heteroatoms. The summed E-state index contributed by atoms with van der Waals surface area (Å²) in [5.74, 6) is 0.774. The average Bonchev–Trinajstić information content (AvgIpc) is 2.62. The number of alkyl halides is 1. The van der Waals surface area contributed by atoms with Gasteiger partial charge in [-0.2, -0.15) is 0 Å². The van der Waals surface area contributed by atoms with Gasteiger partial charge in [-0.1, -0.05) is 22.9 Å². The van der Waals surface area contributed by atoms with Crippen molar-refractivity contribution in [3.63, 3.8) is 0 Å². The molecule has 2 rings (SSSR count). The van der Waals surface area contributed by atoms with Gasteiger partial charge >= 0.3 is 0 Å². The molecule has 4 nitrogen and oxygen atoms in total. The smallest absolute Gasteiger partial charge is 0.269 e. The quantitative estimate of drug-likeness (QED) is 0.477. The molecule has 1 unspecified atom stereocenters. The summed E-state index contributed by atoms with van der Waals surface area (Å²) in [5.41, 5.74) is 2.31. The number of halogens is 1. The second kappa shape index (κ2) is 6.37. The van der Waals surface area contributed by atoms with Crippen molar-refractivity contribution in [3.8, 4) is 0 Å². The van der Waals surface area contributed by atoms with Gasteiger partial charge in [0.2, 0.25) is 0 Å². The third kappa shape index (κ3) is 3.47. The fourth-order valence-electron chi connectivity index (χ4n) is 2.60. The monoisotopic (exact) mass is 326 g/mol. The molecule has 1 heterocycles. The normalized spacial score (nSPS) is 20.1. The van der Waals surface area contributed by atoms with Gasteiger partial charge < -0.3 is 4.90 Å². The molecule has 0 aliphatic carbocycles. The molecule has 104 valence electrons. The largest absolute Gasteiger partial charge is 0.371 e. The van der Waals surface area contributed by atoms with Crippen molar-refractivity contribution in [3.05, 3.63) is 33.9 Å². The summed E-state index contributed by atoms with van der Waals surface area (Å²) < 4.78 is 0. The van der Waals surface area contributed by atoms with Crippen LogP contribution in [0.25, 0.3) is 0 Å². The first-order chi connectivity index (χ1) is 9.11. The minimum Gasteiger partial charge on any atom is -0.371 e. The number of hydrogen-bond donors (Lipinski definition) is 0. The molecular weight excluding hydrogens is 308 g/mol. The Morgan fingerprint density at radius 2 is 2.21 bits per heavy atom. The molecule has 1 aromatic carbocycles. The summed E-state index contributed by atoms with van der Waals surface area (Å²) in [6, 6.07) is 5.18. The highest BCUT2D eigenvalue weighted by molar-refractivity contribution is 9.08. The zero-order valence-electron chi connectivity index (χ0n) is 11.1. The Kier molecular flexibility index (Phi) is 4.80. The summed E-state index contributed by atoms with van der Waals surface area (Å²) in [5, 5.41) is 11.5. The van der Waals surface area contributed by atoms with E-state index < -0.39 is 0 Å².